The number of nitrogens with zero attached hydrogens (tertiary/aromatic N) is 1. The van der Waals surface area contributed by atoms with Gasteiger partial charge >= 0.3 is 0 Å². The van der Waals surface area contributed by atoms with Crippen molar-refractivity contribution in [2.75, 3.05) is 14.2 Å². The molecule has 4 nitrogen and oxygen atoms in total. The van der Waals surface area contributed by atoms with Crippen LogP contribution in [0.2, 0.25) is 0 Å². The number of hydrogen-bond acceptors (Lipinski definition) is 4. The molecule has 0 aliphatic carbocycles. The van der Waals surface area contributed by atoms with Gasteiger partial charge in [-0.3, -0.25) is 4.79 Å². The van der Waals surface area contributed by atoms with Crippen LogP contribution in [-0.2, 0) is 0 Å². The Morgan fingerprint density at radius 1 is 1.13 bits per heavy atom. The first kappa shape index (κ1) is 16.6. The third-order valence-electron chi connectivity index (χ3n) is 3.30. The molecule has 23 heavy (non-hydrogen) atoms. The van der Waals surface area contributed by atoms with Crippen molar-refractivity contribution in [1.82, 2.24) is 4.98 Å². The zero-order valence-electron chi connectivity index (χ0n) is 12.8. The van der Waals surface area contributed by atoms with Gasteiger partial charge in [0.15, 0.2) is 0 Å². The highest BCUT2D eigenvalue weighted by Gasteiger charge is 2.11. The minimum atomic E-state index is -0.349. The van der Waals surface area contributed by atoms with E-state index in [9.17, 15) is 9.18 Å². The second kappa shape index (κ2) is 7.47. The molecule has 0 radical (unpaired) electrons. The van der Waals surface area contributed by atoms with Gasteiger partial charge in [0, 0.05) is 29.7 Å². The van der Waals surface area contributed by atoms with Crippen molar-refractivity contribution >= 4 is 17.2 Å². The molecule has 0 spiro atoms. The predicted molar refractivity (Wildman–Crippen MR) is 87.2 cm³/mol. The number of halogens is 1. The standard InChI is InChI=1S/C17H12FNO2.CH4O/c1-21-17-9-16(12-4-2-3-5-14(12)18)19-15-8-11(10-20)6-7-13(15)17;1-2/h2-10H,1H3;2H,1H3. The maximum Gasteiger partial charge on any atom is 0.150 e. The normalized spacial score (nSPS) is 9.91. The molecule has 118 valence electrons. The molecule has 0 aliphatic rings. The first-order valence-corrected chi connectivity index (χ1v) is 6.86. The summed E-state index contributed by atoms with van der Waals surface area (Å²) in [5.41, 5.74) is 1.98. The molecule has 5 heteroatoms. The van der Waals surface area contributed by atoms with E-state index in [4.69, 9.17) is 9.84 Å². The molecular formula is C18H16FNO3. The van der Waals surface area contributed by atoms with E-state index >= 15 is 0 Å². The molecule has 1 aromatic heterocycles. The molecule has 0 unspecified atom stereocenters. The van der Waals surface area contributed by atoms with Crippen molar-refractivity contribution in [3.05, 3.63) is 59.9 Å². The number of carbonyl (C=O) groups is 1. The minimum absolute atomic E-state index is 0.349. The van der Waals surface area contributed by atoms with Crippen molar-refractivity contribution in [1.29, 1.82) is 0 Å². The Balaban J connectivity index is 0.000000924. The second-order valence-corrected chi connectivity index (χ2v) is 4.58. The SMILES string of the molecule is CO.COc1cc(-c2ccccc2F)nc2cc(C=O)ccc12. The van der Waals surface area contributed by atoms with Crippen molar-refractivity contribution in [3.63, 3.8) is 0 Å². The van der Waals surface area contributed by atoms with Gasteiger partial charge in [0.2, 0.25) is 0 Å². The van der Waals surface area contributed by atoms with Gasteiger partial charge in [-0.2, -0.15) is 0 Å². The number of aliphatic hydroxyl groups excluding tert-OH is 1. The molecule has 0 fully saturated rings. The maximum absolute atomic E-state index is 13.9. The van der Waals surface area contributed by atoms with Crippen LogP contribution >= 0.6 is 0 Å². The summed E-state index contributed by atoms with van der Waals surface area (Å²) >= 11 is 0. The Labute approximate surface area is 133 Å². The van der Waals surface area contributed by atoms with Crippen LogP contribution in [0.15, 0.2) is 48.5 Å². The van der Waals surface area contributed by atoms with Crippen molar-refractivity contribution in [2.45, 2.75) is 0 Å². The average molecular weight is 313 g/mol. The van der Waals surface area contributed by atoms with E-state index < -0.39 is 0 Å². The highest BCUT2D eigenvalue weighted by molar-refractivity contribution is 5.92. The first-order chi connectivity index (χ1) is 11.2. The minimum Gasteiger partial charge on any atom is -0.496 e. The Kier molecular flexibility index (Phi) is 5.38. The summed E-state index contributed by atoms with van der Waals surface area (Å²) in [4.78, 5) is 15.3. The van der Waals surface area contributed by atoms with Crippen LogP contribution in [0.1, 0.15) is 10.4 Å². The third-order valence-corrected chi connectivity index (χ3v) is 3.30. The van der Waals surface area contributed by atoms with Gasteiger partial charge in [-0.1, -0.05) is 18.2 Å². The smallest absolute Gasteiger partial charge is 0.150 e. The molecule has 1 heterocycles. The third kappa shape index (κ3) is 3.35. The van der Waals surface area contributed by atoms with Gasteiger partial charge in [-0.15, -0.1) is 0 Å². The fraction of sp³-hybridized carbons (Fsp3) is 0.111. The number of ether oxygens (including phenoxy) is 1. The molecule has 0 aliphatic heterocycles. The highest BCUT2D eigenvalue weighted by Crippen LogP contribution is 2.31. The number of methoxy groups -OCH3 is 1. The maximum atomic E-state index is 13.9. The molecule has 0 atom stereocenters. The lowest BCUT2D eigenvalue weighted by Crippen LogP contribution is -1.94. The highest BCUT2D eigenvalue weighted by atomic mass is 19.1. The molecule has 1 N–H and O–H groups in total. The van der Waals surface area contributed by atoms with Crippen LogP contribution in [0.4, 0.5) is 4.39 Å². The van der Waals surface area contributed by atoms with Crippen LogP contribution in [0, 0.1) is 5.82 Å². The summed E-state index contributed by atoms with van der Waals surface area (Å²) in [6.45, 7) is 0. The Bertz CT molecular complexity index is 834. The zero-order chi connectivity index (χ0) is 16.8. The quantitative estimate of drug-likeness (QED) is 0.752. The fourth-order valence-corrected chi connectivity index (χ4v) is 2.26. The lowest BCUT2D eigenvalue weighted by Gasteiger charge is -2.09. The molecule has 2 aromatic carbocycles. The van der Waals surface area contributed by atoms with Crippen LogP contribution < -0.4 is 4.74 Å². The molecular weight excluding hydrogens is 297 g/mol. The van der Waals surface area contributed by atoms with E-state index in [-0.39, 0.29) is 5.82 Å². The van der Waals surface area contributed by atoms with E-state index in [2.05, 4.69) is 4.98 Å². The number of carbonyl (C=O) groups excluding carboxylic acids is 1. The summed E-state index contributed by atoms with van der Waals surface area (Å²) in [6.07, 6.45) is 0.753. The number of aldehydes is 1. The molecule has 0 bridgehead atoms. The predicted octanol–water partition coefficient (Wildman–Crippen LogP) is 3.47. The number of hydrogen-bond donors (Lipinski definition) is 1. The van der Waals surface area contributed by atoms with E-state index in [0.717, 1.165) is 18.8 Å². The Hall–Kier alpha value is -2.79. The van der Waals surface area contributed by atoms with Crippen LogP contribution in [-0.4, -0.2) is 30.6 Å². The molecule has 3 rings (SSSR count). The lowest BCUT2D eigenvalue weighted by molar-refractivity contribution is 0.112. The topological polar surface area (TPSA) is 59.4 Å². The fourth-order valence-electron chi connectivity index (χ4n) is 2.26. The number of benzene rings is 2. The average Bonchev–Trinajstić information content (AvgIpc) is 2.62. The van der Waals surface area contributed by atoms with Gasteiger partial charge in [0.25, 0.3) is 0 Å². The van der Waals surface area contributed by atoms with Gasteiger partial charge in [-0.05, 0) is 24.3 Å². The summed E-state index contributed by atoms with van der Waals surface area (Å²) in [5.74, 6) is 0.244. The second-order valence-electron chi connectivity index (χ2n) is 4.58. The number of fused-ring (bicyclic) bond motifs is 1. The van der Waals surface area contributed by atoms with Gasteiger partial charge in [0.1, 0.15) is 17.9 Å². The van der Waals surface area contributed by atoms with Crippen molar-refractivity contribution in [3.8, 4) is 17.0 Å². The van der Waals surface area contributed by atoms with Crippen LogP contribution in [0.25, 0.3) is 22.2 Å². The van der Waals surface area contributed by atoms with E-state index in [1.54, 1.807) is 49.6 Å². The monoisotopic (exact) mass is 313 g/mol. The lowest BCUT2D eigenvalue weighted by atomic mass is 10.1. The summed E-state index contributed by atoms with van der Waals surface area (Å²) < 4.78 is 19.3. The Morgan fingerprint density at radius 3 is 2.52 bits per heavy atom. The van der Waals surface area contributed by atoms with Gasteiger partial charge in [0.05, 0.1) is 18.3 Å². The first-order valence-electron chi connectivity index (χ1n) is 6.86. The van der Waals surface area contributed by atoms with Crippen molar-refractivity contribution < 1.29 is 19.0 Å². The van der Waals surface area contributed by atoms with Crippen LogP contribution in [0.5, 0.6) is 5.75 Å². The summed E-state index contributed by atoms with van der Waals surface area (Å²) in [7, 11) is 2.55. The van der Waals surface area contributed by atoms with E-state index in [1.165, 1.54) is 6.07 Å². The summed E-state index contributed by atoms with van der Waals surface area (Å²) in [5, 5.41) is 7.78. The van der Waals surface area contributed by atoms with Gasteiger partial charge in [-0.25, -0.2) is 9.37 Å². The summed E-state index contributed by atoms with van der Waals surface area (Å²) in [6, 6.07) is 13.2. The molecule has 3 aromatic rings. The largest absolute Gasteiger partial charge is 0.496 e. The number of aromatic nitrogens is 1. The zero-order valence-corrected chi connectivity index (χ0v) is 12.8. The van der Waals surface area contributed by atoms with Crippen LogP contribution in [0.3, 0.4) is 0 Å². The van der Waals surface area contributed by atoms with E-state index in [1.807, 2.05) is 0 Å². The van der Waals surface area contributed by atoms with Gasteiger partial charge < -0.3 is 9.84 Å². The van der Waals surface area contributed by atoms with Crippen molar-refractivity contribution in [2.24, 2.45) is 0 Å². The molecule has 0 amide bonds. The molecule has 0 saturated carbocycles. The number of rotatable bonds is 3. The Morgan fingerprint density at radius 2 is 1.87 bits per heavy atom. The molecule has 0 saturated heterocycles. The number of aliphatic hydroxyl groups is 1. The van der Waals surface area contributed by atoms with E-state index in [0.29, 0.717) is 28.1 Å². The number of pyridine rings is 1.